The fourth-order valence-electron chi connectivity index (χ4n) is 2.79. The molecular weight excluding hydrogens is 311 g/mol. The number of hydrogen-bond acceptors (Lipinski definition) is 4. The third kappa shape index (κ3) is 3.17. The third-order valence-corrected chi connectivity index (χ3v) is 3.93. The molecule has 3 rings (SSSR count). The van der Waals surface area contributed by atoms with Gasteiger partial charge >= 0.3 is 6.18 Å². The standard InChI is InChI=1S/C15H16F3N3O2/c1-2-11-14(22)19-5-6-21(11)8-13-20-10-7-9(15(16,17)18)3-4-12(10)23-13/h3-4,7,11H,2,5-6,8H2,1H3,(H,19,22)/t11-/m1/s1. The van der Waals surface area contributed by atoms with Crippen LogP contribution in [0.25, 0.3) is 11.1 Å². The quantitative estimate of drug-likeness (QED) is 0.941. The van der Waals surface area contributed by atoms with Crippen LogP contribution in [0, 0.1) is 0 Å². The average Bonchev–Trinajstić information content (AvgIpc) is 2.88. The van der Waals surface area contributed by atoms with Gasteiger partial charge in [-0.05, 0) is 24.6 Å². The van der Waals surface area contributed by atoms with Crippen LogP contribution in [0.4, 0.5) is 13.2 Å². The topological polar surface area (TPSA) is 58.4 Å². The Bertz CT molecular complexity index is 726. The van der Waals surface area contributed by atoms with Crippen LogP contribution >= 0.6 is 0 Å². The maximum atomic E-state index is 12.7. The molecule has 0 saturated carbocycles. The summed E-state index contributed by atoms with van der Waals surface area (Å²) >= 11 is 0. The summed E-state index contributed by atoms with van der Waals surface area (Å²) in [4.78, 5) is 17.9. The molecule has 0 radical (unpaired) electrons. The zero-order valence-corrected chi connectivity index (χ0v) is 12.5. The number of hydrogen-bond donors (Lipinski definition) is 1. The molecule has 2 heterocycles. The minimum absolute atomic E-state index is 0.0470. The highest BCUT2D eigenvalue weighted by molar-refractivity contribution is 5.82. The molecule has 2 aromatic rings. The van der Waals surface area contributed by atoms with E-state index >= 15 is 0 Å². The molecule has 0 spiro atoms. The Hall–Kier alpha value is -2.09. The second-order valence-corrected chi connectivity index (χ2v) is 5.47. The van der Waals surface area contributed by atoms with Gasteiger partial charge in [0.25, 0.3) is 0 Å². The van der Waals surface area contributed by atoms with Gasteiger partial charge < -0.3 is 9.73 Å². The number of nitrogens with one attached hydrogen (secondary N) is 1. The van der Waals surface area contributed by atoms with Crippen molar-refractivity contribution in [3.63, 3.8) is 0 Å². The second kappa shape index (κ2) is 5.84. The minimum Gasteiger partial charge on any atom is -0.439 e. The smallest absolute Gasteiger partial charge is 0.416 e. The Balaban J connectivity index is 1.84. The Morgan fingerprint density at radius 3 is 2.91 bits per heavy atom. The lowest BCUT2D eigenvalue weighted by Gasteiger charge is -2.33. The molecule has 5 nitrogen and oxygen atoms in total. The summed E-state index contributed by atoms with van der Waals surface area (Å²) in [6, 6.07) is 2.95. The number of carbonyl (C=O) groups is 1. The predicted octanol–water partition coefficient (Wildman–Crippen LogP) is 2.56. The highest BCUT2D eigenvalue weighted by Crippen LogP contribution is 2.31. The number of halogens is 3. The van der Waals surface area contributed by atoms with Gasteiger partial charge in [0, 0.05) is 13.1 Å². The van der Waals surface area contributed by atoms with E-state index in [2.05, 4.69) is 10.3 Å². The molecule has 1 aromatic carbocycles. The molecule has 1 fully saturated rings. The highest BCUT2D eigenvalue weighted by Gasteiger charge is 2.32. The molecule has 1 saturated heterocycles. The van der Waals surface area contributed by atoms with E-state index < -0.39 is 11.7 Å². The number of piperazine rings is 1. The molecule has 1 aliphatic rings. The molecule has 23 heavy (non-hydrogen) atoms. The lowest BCUT2D eigenvalue weighted by atomic mass is 10.1. The summed E-state index contributed by atoms with van der Waals surface area (Å²) in [6.45, 7) is 3.39. The lowest BCUT2D eigenvalue weighted by molar-refractivity contribution is -0.137. The van der Waals surface area contributed by atoms with E-state index in [-0.39, 0.29) is 17.5 Å². The molecular formula is C15H16F3N3O2. The van der Waals surface area contributed by atoms with Crippen LogP contribution in [0.1, 0.15) is 24.8 Å². The van der Waals surface area contributed by atoms with Gasteiger partial charge in [0.15, 0.2) is 5.58 Å². The van der Waals surface area contributed by atoms with Crippen LogP contribution in [0.5, 0.6) is 0 Å². The second-order valence-electron chi connectivity index (χ2n) is 5.47. The normalized spacial score (nSPS) is 20.0. The van der Waals surface area contributed by atoms with Gasteiger partial charge in [-0.2, -0.15) is 13.2 Å². The minimum atomic E-state index is -4.41. The number of benzene rings is 1. The van der Waals surface area contributed by atoms with Crippen molar-refractivity contribution in [2.24, 2.45) is 0 Å². The molecule has 0 aliphatic carbocycles. The van der Waals surface area contributed by atoms with Crippen molar-refractivity contribution in [1.29, 1.82) is 0 Å². The van der Waals surface area contributed by atoms with E-state index in [1.165, 1.54) is 6.07 Å². The number of amides is 1. The summed E-state index contributed by atoms with van der Waals surface area (Å²) in [6.07, 6.45) is -3.77. The monoisotopic (exact) mass is 327 g/mol. The lowest BCUT2D eigenvalue weighted by Crippen LogP contribution is -2.54. The number of carbonyl (C=O) groups excluding carboxylic acids is 1. The van der Waals surface area contributed by atoms with Gasteiger partial charge in [-0.3, -0.25) is 9.69 Å². The number of fused-ring (bicyclic) bond motifs is 1. The molecule has 0 unspecified atom stereocenters. The van der Waals surface area contributed by atoms with Crippen LogP contribution in [0.2, 0.25) is 0 Å². The zero-order chi connectivity index (χ0) is 16.6. The van der Waals surface area contributed by atoms with Gasteiger partial charge in [0.2, 0.25) is 11.8 Å². The van der Waals surface area contributed by atoms with E-state index in [0.29, 0.717) is 37.5 Å². The maximum Gasteiger partial charge on any atom is 0.416 e. The number of rotatable bonds is 3. The molecule has 124 valence electrons. The molecule has 1 aliphatic heterocycles. The zero-order valence-electron chi connectivity index (χ0n) is 12.5. The Labute approximate surface area is 130 Å². The number of aromatic nitrogens is 1. The fourth-order valence-corrected chi connectivity index (χ4v) is 2.79. The first-order chi connectivity index (χ1) is 10.9. The van der Waals surface area contributed by atoms with Crippen LogP contribution < -0.4 is 5.32 Å². The van der Waals surface area contributed by atoms with Crippen LogP contribution in [-0.2, 0) is 17.5 Å². The number of alkyl halides is 3. The summed E-state index contributed by atoms with van der Waals surface area (Å²) in [5, 5.41) is 2.79. The molecule has 1 amide bonds. The van der Waals surface area contributed by atoms with Crippen molar-refractivity contribution in [3.05, 3.63) is 29.7 Å². The maximum absolute atomic E-state index is 12.7. The van der Waals surface area contributed by atoms with Gasteiger partial charge in [-0.25, -0.2) is 4.98 Å². The van der Waals surface area contributed by atoms with E-state index in [1.807, 2.05) is 11.8 Å². The first kappa shape index (κ1) is 15.8. The van der Waals surface area contributed by atoms with Crippen molar-refractivity contribution < 1.29 is 22.4 Å². The highest BCUT2D eigenvalue weighted by atomic mass is 19.4. The molecule has 1 aromatic heterocycles. The van der Waals surface area contributed by atoms with Gasteiger partial charge in [0.1, 0.15) is 5.52 Å². The summed E-state index contributed by atoms with van der Waals surface area (Å²) in [5.41, 5.74) is -0.277. The molecule has 1 N–H and O–H groups in total. The SMILES string of the molecule is CC[C@@H]1C(=O)NCCN1Cc1nc2cc(C(F)(F)F)ccc2o1. The Morgan fingerprint density at radius 2 is 2.22 bits per heavy atom. The van der Waals surface area contributed by atoms with Gasteiger partial charge in [0.05, 0.1) is 18.2 Å². The predicted molar refractivity (Wildman–Crippen MR) is 76.5 cm³/mol. The molecule has 1 atom stereocenters. The molecule has 0 bridgehead atoms. The van der Waals surface area contributed by atoms with Crippen molar-refractivity contribution in [1.82, 2.24) is 15.2 Å². The average molecular weight is 327 g/mol. The van der Waals surface area contributed by atoms with Gasteiger partial charge in [-0.1, -0.05) is 6.92 Å². The third-order valence-electron chi connectivity index (χ3n) is 3.93. The van der Waals surface area contributed by atoms with Crippen LogP contribution in [-0.4, -0.2) is 34.9 Å². The van der Waals surface area contributed by atoms with Crippen LogP contribution in [0.3, 0.4) is 0 Å². The Morgan fingerprint density at radius 1 is 1.43 bits per heavy atom. The number of nitrogens with zero attached hydrogens (tertiary/aromatic N) is 2. The van der Waals surface area contributed by atoms with E-state index in [0.717, 1.165) is 12.1 Å². The molecule has 8 heteroatoms. The summed E-state index contributed by atoms with van der Waals surface area (Å²) in [5.74, 6) is 0.265. The van der Waals surface area contributed by atoms with Crippen molar-refractivity contribution in [3.8, 4) is 0 Å². The van der Waals surface area contributed by atoms with E-state index in [4.69, 9.17) is 4.42 Å². The first-order valence-electron chi connectivity index (χ1n) is 7.37. The first-order valence-corrected chi connectivity index (χ1v) is 7.37. The summed E-state index contributed by atoms with van der Waals surface area (Å²) in [7, 11) is 0. The van der Waals surface area contributed by atoms with Crippen molar-refractivity contribution in [2.75, 3.05) is 13.1 Å². The fraction of sp³-hybridized carbons (Fsp3) is 0.467. The van der Waals surface area contributed by atoms with E-state index in [9.17, 15) is 18.0 Å². The van der Waals surface area contributed by atoms with E-state index in [1.54, 1.807) is 0 Å². The largest absolute Gasteiger partial charge is 0.439 e. The number of oxazole rings is 1. The Kier molecular flexibility index (Phi) is 4.01. The summed E-state index contributed by atoms with van der Waals surface area (Å²) < 4.78 is 43.7. The van der Waals surface area contributed by atoms with Gasteiger partial charge in [-0.15, -0.1) is 0 Å². The van der Waals surface area contributed by atoms with Crippen molar-refractivity contribution >= 4 is 17.0 Å². The van der Waals surface area contributed by atoms with Crippen molar-refractivity contribution in [2.45, 2.75) is 32.1 Å². The van der Waals surface area contributed by atoms with Crippen LogP contribution in [0.15, 0.2) is 22.6 Å².